The molecule has 0 saturated heterocycles. The van der Waals surface area contributed by atoms with Crippen molar-refractivity contribution in [2.24, 2.45) is 0 Å². The Morgan fingerprint density at radius 1 is 1.24 bits per heavy atom. The molecule has 0 spiro atoms. The van der Waals surface area contributed by atoms with E-state index in [4.69, 9.17) is 0 Å². The van der Waals surface area contributed by atoms with E-state index in [2.05, 4.69) is 33.3 Å². The first-order chi connectivity index (χ1) is 8.22. The van der Waals surface area contributed by atoms with Crippen molar-refractivity contribution in [1.82, 2.24) is 20.6 Å². The zero-order valence-corrected chi connectivity index (χ0v) is 9.75. The number of nitrogens with one attached hydrogen (secondary N) is 1. The van der Waals surface area contributed by atoms with Gasteiger partial charge in [-0.15, -0.1) is 10.2 Å². The number of nitrogens with zero attached hydrogens (tertiary/aromatic N) is 3. The lowest BCUT2D eigenvalue weighted by molar-refractivity contribution is 0.0338. The molecular weight excluding hydrogens is 240 g/mol. The number of aliphatic hydroxyl groups is 2. The zero-order valence-electron chi connectivity index (χ0n) is 8.85. The summed E-state index contributed by atoms with van der Waals surface area (Å²) in [5, 5.41) is 32.7. The molecule has 0 aliphatic rings. The highest BCUT2D eigenvalue weighted by Crippen LogP contribution is 2.21. The number of thiol groups is 1. The fraction of sp³-hybridized carbons (Fsp3) is 0.300. The first kappa shape index (κ1) is 12.0. The quantitative estimate of drug-likeness (QED) is 0.583. The summed E-state index contributed by atoms with van der Waals surface area (Å²) >= 11 is 3.93. The van der Waals surface area contributed by atoms with Crippen molar-refractivity contribution in [3.63, 3.8) is 0 Å². The number of benzene rings is 1. The Balaban J connectivity index is 2.18. The van der Waals surface area contributed by atoms with Gasteiger partial charge in [-0.3, -0.25) is 0 Å². The van der Waals surface area contributed by atoms with E-state index in [-0.39, 0.29) is 5.75 Å². The molecule has 2 atom stereocenters. The van der Waals surface area contributed by atoms with Crippen LogP contribution in [-0.4, -0.2) is 42.7 Å². The normalized spacial score (nSPS) is 14.5. The average molecular weight is 252 g/mol. The van der Waals surface area contributed by atoms with E-state index in [1.54, 1.807) is 24.3 Å². The van der Waals surface area contributed by atoms with Crippen LogP contribution in [0.3, 0.4) is 0 Å². The maximum atomic E-state index is 9.76. The molecule has 2 rings (SSSR count). The first-order valence-corrected chi connectivity index (χ1v) is 5.66. The van der Waals surface area contributed by atoms with E-state index in [0.717, 1.165) is 5.56 Å². The summed E-state index contributed by atoms with van der Waals surface area (Å²) in [5.74, 6) is 0.689. The molecule has 6 nitrogen and oxygen atoms in total. The summed E-state index contributed by atoms with van der Waals surface area (Å²) in [6, 6.07) is 6.94. The van der Waals surface area contributed by atoms with Gasteiger partial charge in [0.25, 0.3) is 0 Å². The van der Waals surface area contributed by atoms with Gasteiger partial charge in [0.15, 0.2) is 0 Å². The molecule has 2 unspecified atom stereocenters. The third-order valence-electron chi connectivity index (χ3n) is 2.41. The maximum absolute atomic E-state index is 9.76. The molecule has 0 amide bonds. The maximum Gasteiger partial charge on any atom is 0.204 e. The third kappa shape index (κ3) is 2.63. The monoisotopic (exact) mass is 252 g/mol. The van der Waals surface area contributed by atoms with Crippen LogP contribution in [0.2, 0.25) is 0 Å². The molecule has 2 aromatic rings. The van der Waals surface area contributed by atoms with Crippen molar-refractivity contribution >= 4 is 12.6 Å². The van der Waals surface area contributed by atoms with Crippen LogP contribution in [0, 0.1) is 0 Å². The van der Waals surface area contributed by atoms with Crippen LogP contribution in [0.25, 0.3) is 11.4 Å². The van der Waals surface area contributed by atoms with Crippen LogP contribution in [0.4, 0.5) is 0 Å². The van der Waals surface area contributed by atoms with Gasteiger partial charge in [0.2, 0.25) is 5.82 Å². The zero-order chi connectivity index (χ0) is 12.3. The molecule has 0 radical (unpaired) electrons. The second-order valence-corrected chi connectivity index (χ2v) is 3.92. The van der Waals surface area contributed by atoms with Gasteiger partial charge in [-0.05, 0) is 10.8 Å². The van der Waals surface area contributed by atoms with Gasteiger partial charge < -0.3 is 10.2 Å². The van der Waals surface area contributed by atoms with E-state index in [0.29, 0.717) is 11.4 Å². The summed E-state index contributed by atoms with van der Waals surface area (Å²) in [6.07, 6.45) is -1.82. The fourth-order valence-corrected chi connectivity index (χ4v) is 1.64. The van der Waals surface area contributed by atoms with Crippen LogP contribution in [0.5, 0.6) is 0 Å². The minimum Gasteiger partial charge on any atom is -0.389 e. The summed E-state index contributed by atoms with van der Waals surface area (Å²) in [6.45, 7) is 0. The average Bonchev–Trinajstić information content (AvgIpc) is 2.91. The lowest BCUT2D eigenvalue weighted by atomic mass is 10.0. The summed E-state index contributed by atoms with van der Waals surface area (Å²) < 4.78 is 0. The largest absolute Gasteiger partial charge is 0.389 e. The molecule has 0 fully saturated rings. The number of hydrogen-bond donors (Lipinski definition) is 4. The van der Waals surface area contributed by atoms with E-state index < -0.39 is 12.2 Å². The lowest BCUT2D eigenvalue weighted by Gasteiger charge is -2.16. The first-order valence-electron chi connectivity index (χ1n) is 5.03. The highest BCUT2D eigenvalue weighted by atomic mass is 32.1. The van der Waals surface area contributed by atoms with Crippen molar-refractivity contribution in [3.05, 3.63) is 29.8 Å². The molecule has 0 aliphatic heterocycles. The number of hydrogen-bond acceptors (Lipinski definition) is 6. The minimum atomic E-state index is -0.938. The Hall–Kier alpha value is -1.44. The van der Waals surface area contributed by atoms with E-state index in [1.165, 1.54) is 0 Å². The minimum absolute atomic E-state index is 0.202. The Kier molecular flexibility index (Phi) is 3.72. The number of aromatic amines is 1. The summed E-state index contributed by atoms with van der Waals surface area (Å²) in [4.78, 5) is 0. The molecule has 7 heteroatoms. The van der Waals surface area contributed by atoms with Gasteiger partial charge in [-0.25, -0.2) is 0 Å². The van der Waals surface area contributed by atoms with Crippen LogP contribution in [0.1, 0.15) is 11.7 Å². The topological polar surface area (TPSA) is 94.9 Å². The number of tetrazole rings is 1. The Morgan fingerprint density at radius 2 is 1.94 bits per heavy atom. The van der Waals surface area contributed by atoms with Gasteiger partial charge in [-0.1, -0.05) is 24.3 Å². The van der Waals surface area contributed by atoms with E-state index in [9.17, 15) is 10.2 Å². The second-order valence-electron chi connectivity index (χ2n) is 3.55. The van der Waals surface area contributed by atoms with Crippen molar-refractivity contribution in [2.45, 2.75) is 12.2 Å². The molecule has 0 aliphatic carbocycles. The van der Waals surface area contributed by atoms with Crippen molar-refractivity contribution in [2.75, 3.05) is 5.75 Å². The molecule has 17 heavy (non-hydrogen) atoms. The van der Waals surface area contributed by atoms with Gasteiger partial charge in [0.05, 0.1) is 6.10 Å². The number of rotatable bonds is 4. The van der Waals surface area contributed by atoms with Gasteiger partial charge in [0, 0.05) is 11.3 Å². The van der Waals surface area contributed by atoms with Crippen LogP contribution in [-0.2, 0) is 0 Å². The molecule has 3 N–H and O–H groups in total. The number of aliphatic hydroxyl groups excluding tert-OH is 2. The van der Waals surface area contributed by atoms with Gasteiger partial charge in [0.1, 0.15) is 6.10 Å². The predicted octanol–water partition coefficient (Wildman–Crippen LogP) is 0.191. The Labute approximate surface area is 103 Å². The van der Waals surface area contributed by atoms with E-state index >= 15 is 0 Å². The Bertz CT molecular complexity index is 460. The van der Waals surface area contributed by atoms with Gasteiger partial charge >= 0.3 is 0 Å². The number of aromatic nitrogens is 4. The van der Waals surface area contributed by atoms with Crippen LogP contribution >= 0.6 is 12.6 Å². The van der Waals surface area contributed by atoms with Crippen molar-refractivity contribution in [1.29, 1.82) is 0 Å². The fourth-order valence-electron chi connectivity index (χ4n) is 1.44. The third-order valence-corrected chi connectivity index (χ3v) is 2.78. The van der Waals surface area contributed by atoms with Crippen molar-refractivity contribution < 1.29 is 10.2 Å². The molecule has 1 heterocycles. The molecule has 1 aromatic heterocycles. The molecule has 0 bridgehead atoms. The molecule has 0 saturated carbocycles. The smallest absolute Gasteiger partial charge is 0.204 e. The Morgan fingerprint density at radius 3 is 2.47 bits per heavy atom. The standard InChI is InChI=1S/C10H12N4O2S/c15-8(5-17)9(16)6-1-3-7(4-2-6)10-11-13-14-12-10/h1-4,8-9,15-17H,5H2,(H,11,12,13,14). The van der Waals surface area contributed by atoms with Crippen molar-refractivity contribution in [3.8, 4) is 11.4 Å². The highest BCUT2D eigenvalue weighted by Gasteiger charge is 2.16. The van der Waals surface area contributed by atoms with E-state index in [1.807, 2.05) is 0 Å². The highest BCUT2D eigenvalue weighted by molar-refractivity contribution is 7.80. The van der Waals surface area contributed by atoms with Crippen LogP contribution in [0.15, 0.2) is 24.3 Å². The van der Waals surface area contributed by atoms with Crippen LogP contribution < -0.4 is 0 Å². The summed E-state index contributed by atoms with van der Waals surface area (Å²) in [5.41, 5.74) is 1.41. The van der Waals surface area contributed by atoms with Gasteiger partial charge in [-0.2, -0.15) is 17.8 Å². The number of H-pyrrole nitrogens is 1. The SMILES string of the molecule is OC(CS)C(O)c1ccc(-c2nn[nH]n2)cc1. The molecule has 90 valence electrons. The second kappa shape index (κ2) is 5.26. The lowest BCUT2D eigenvalue weighted by Crippen LogP contribution is -2.19. The summed E-state index contributed by atoms with van der Waals surface area (Å²) in [7, 11) is 0. The molecule has 1 aromatic carbocycles. The molecular formula is C10H12N4O2S. The predicted molar refractivity (Wildman–Crippen MR) is 64.4 cm³/mol.